The molecule has 0 aliphatic heterocycles. The van der Waals surface area contributed by atoms with Crippen LogP contribution in [-0.2, 0) is 9.26 Å². The summed E-state index contributed by atoms with van der Waals surface area (Å²) in [5.74, 6) is 0. The lowest BCUT2D eigenvalue weighted by Crippen LogP contribution is -2.40. The van der Waals surface area contributed by atoms with E-state index in [1.54, 1.807) is 0 Å². The first-order valence-electron chi connectivity index (χ1n) is 7.00. The topological polar surface area (TPSA) is 45.5 Å². The van der Waals surface area contributed by atoms with Crippen LogP contribution in [0.5, 0.6) is 0 Å². The molecule has 0 radical (unpaired) electrons. The summed E-state index contributed by atoms with van der Waals surface area (Å²) in [6.45, 7) is 16.0. The van der Waals surface area contributed by atoms with E-state index in [9.17, 15) is 0 Å². The van der Waals surface area contributed by atoms with Crippen LogP contribution >= 0.6 is 8.30 Å². The summed E-state index contributed by atoms with van der Waals surface area (Å²) in [6.07, 6.45) is 0.422. The standard InChI is InChI=1S/C14H29N2O2P/c1-8-17-14(6,7)19(18-11-9-10-15)16(12(2)3)13(4)5/h12-13H,8-9,11H2,1-7H3. The van der Waals surface area contributed by atoms with Gasteiger partial charge >= 0.3 is 0 Å². The molecule has 0 aromatic rings. The van der Waals surface area contributed by atoms with Crippen molar-refractivity contribution in [1.82, 2.24) is 4.67 Å². The predicted octanol–water partition coefficient (Wildman–Crippen LogP) is 4.12. The quantitative estimate of drug-likeness (QED) is 0.473. The second-order valence-electron chi connectivity index (χ2n) is 5.46. The van der Waals surface area contributed by atoms with Gasteiger partial charge in [0.2, 0.25) is 0 Å². The number of hydrogen-bond acceptors (Lipinski definition) is 4. The molecule has 0 saturated heterocycles. The smallest absolute Gasteiger partial charge is 0.137 e. The number of nitriles is 1. The van der Waals surface area contributed by atoms with Gasteiger partial charge < -0.3 is 9.26 Å². The molecule has 0 aromatic heterocycles. The molecule has 0 heterocycles. The van der Waals surface area contributed by atoms with Crippen molar-refractivity contribution in [2.45, 2.75) is 72.3 Å². The van der Waals surface area contributed by atoms with Crippen molar-refractivity contribution in [3.8, 4) is 6.07 Å². The highest BCUT2D eigenvalue weighted by Crippen LogP contribution is 2.56. The van der Waals surface area contributed by atoms with Crippen LogP contribution in [-0.4, -0.2) is 35.3 Å². The molecule has 0 aliphatic rings. The molecule has 0 aliphatic carbocycles. The Kier molecular flexibility index (Phi) is 8.78. The van der Waals surface area contributed by atoms with Crippen molar-refractivity contribution < 1.29 is 9.26 Å². The maximum absolute atomic E-state index is 8.67. The van der Waals surface area contributed by atoms with Gasteiger partial charge in [0, 0.05) is 18.7 Å². The van der Waals surface area contributed by atoms with Gasteiger partial charge in [-0.05, 0) is 48.5 Å². The summed E-state index contributed by atoms with van der Waals surface area (Å²) in [5, 5.41) is 8.34. The van der Waals surface area contributed by atoms with E-state index in [1.807, 2.05) is 6.92 Å². The SMILES string of the molecule is CCOC(C)(C)P(OCCC#N)N(C(C)C)C(C)C. The molecule has 4 nitrogen and oxygen atoms in total. The van der Waals surface area contributed by atoms with Gasteiger partial charge in [0.1, 0.15) is 13.6 Å². The van der Waals surface area contributed by atoms with Crippen molar-refractivity contribution in [3.63, 3.8) is 0 Å². The van der Waals surface area contributed by atoms with Crippen LogP contribution in [0.2, 0.25) is 0 Å². The average molecular weight is 288 g/mol. The molecule has 0 N–H and O–H groups in total. The molecule has 1 atom stereocenters. The van der Waals surface area contributed by atoms with Crippen molar-refractivity contribution >= 4 is 8.30 Å². The second kappa shape index (κ2) is 8.87. The van der Waals surface area contributed by atoms with E-state index < -0.39 is 8.30 Å². The number of rotatable bonds is 9. The summed E-state index contributed by atoms with van der Waals surface area (Å²) in [5.41, 5.74) is 0. The fourth-order valence-corrected chi connectivity index (χ4v) is 4.45. The monoisotopic (exact) mass is 288 g/mol. The van der Waals surface area contributed by atoms with Crippen LogP contribution in [0.3, 0.4) is 0 Å². The van der Waals surface area contributed by atoms with Gasteiger partial charge in [0.15, 0.2) is 0 Å². The van der Waals surface area contributed by atoms with Gasteiger partial charge in [-0.1, -0.05) is 0 Å². The lowest BCUT2D eigenvalue weighted by atomic mass is 10.3. The van der Waals surface area contributed by atoms with Gasteiger partial charge in [0.05, 0.1) is 19.1 Å². The minimum atomic E-state index is -0.904. The number of hydrogen-bond donors (Lipinski definition) is 0. The first-order chi connectivity index (χ1) is 8.77. The molecular weight excluding hydrogens is 259 g/mol. The highest BCUT2D eigenvalue weighted by atomic mass is 31.2. The van der Waals surface area contributed by atoms with Crippen molar-refractivity contribution in [3.05, 3.63) is 0 Å². The Morgan fingerprint density at radius 3 is 2.11 bits per heavy atom. The van der Waals surface area contributed by atoms with Crippen LogP contribution in [0.15, 0.2) is 0 Å². The van der Waals surface area contributed by atoms with Crippen LogP contribution < -0.4 is 0 Å². The van der Waals surface area contributed by atoms with Crippen molar-refractivity contribution in [2.24, 2.45) is 0 Å². The van der Waals surface area contributed by atoms with Gasteiger partial charge in [-0.25, -0.2) is 0 Å². The van der Waals surface area contributed by atoms with Crippen LogP contribution in [0.25, 0.3) is 0 Å². The Bertz CT molecular complexity index is 280. The molecule has 0 saturated carbocycles. The van der Waals surface area contributed by atoms with Crippen molar-refractivity contribution in [2.75, 3.05) is 13.2 Å². The molecular formula is C14H29N2O2P. The Morgan fingerprint density at radius 2 is 1.74 bits per heavy atom. The lowest BCUT2D eigenvalue weighted by Gasteiger charge is -2.44. The molecule has 19 heavy (non-hydrogen) atoms. The van der Waals surface area contributed by atoms with Gasteiger partial charge in [-0.2, -0.15) is 5.26 Å². The maximum Gasteiger partial charge on any atom is 0.137 e. The first-order valence-corrected chi connectivity index (χ1v) is 8.21. The van der Waals surface area contributed by atoms with E-state index in [-0.39, 0.29) is 5.34 Å². The molecule has 0 rings (SSSR count). The molecule has 1 unspecified atom stereocenters. The first kappa shape index (κ1) is 18.8. The fraction of sp³-hybridized carbons (Fsp3) is 0.929. The van der Waals surface area contributed by atoms with E-state index in [1.165, 1.54) is 0 Å². The minimum Gasteiger partial charge on any atom is -0.368 e. The van der Waals surface area contributed by atoms with Crippen LogP contribution in [0, 0.1) is 11.3 Å². The summed E-state index contributed by atoms with van der Waals surface area (Å²) in [7, 11) is -0.904. The van der Waals surface area contributed by atoms with E-state index >= 15 is 0 Å². The summed E-state index contributed by atoms with van der Waals surface area (Å²) in [4.78, 5) is 0. The lowest BCUT2D eigenvalue weighted by molar-refractivity contribution is 0.0378. The Morgan fingerprint density at radius 1 is 1.21 bits per heavy atom. The number of nitrogens with zero attached hydrogens (tertiary/aromatic N) is 2. The molecule has 0 bridgehead atoms. The third kappa shape index (κ3) is 6.19. The third-order valence-electron chi connectivity index (χ3n) is 2.65. The molecule has 0 fully saturated rings. The molecule has 112 valence electrons. The minimum absolute atomic E-state index is 0.339. The van der Waals surface area contributed by atoms with Gasteiger partial charge in [0.25, 0.3) is 0 Å². The fourth-order valence-electron chi connectivity index (χ4n) is 2.10. The maximum atomic E-state index is 8.67. The summed E-state index contributed by atoms with van der Waals surface area (Å²) >= 11 is 0. The summed E-state index contributed by atoms with van der Waals surface area (Å²) < 4.78 is 14.3. The third-order valence-corrected chi connectivity index (χ3v) is 5.47. The zero-order valence-corrected chi connectivity index (χ0v) is 14.3. The average Bonchev–Trinajstić information content (AvgIpc) is 2.26. The van der Waals surface area contributed by atoms with Crippen LogP contribution in [0.1, 0.15) is 54.9 Å². The largest absolute Gasteiger partial charge is 0.368 e. The highest BCUT2D eigenvalue weighted by molar-refractivity contribution is 7.51. The van der Waals surface area contributed by atoms with Crippen molar-refractivity contribution in [1.29, 1.82) is 5.26 Å². The predicted molar refractivity (Wildman–Crippen MR) is 80.9 cm³/mol. The molecule has 0 spiro atoms. The Balaban J connectivity index is 5.07. The van der Waals surface area contributed by atoms with E-state index in [0.29, 0.717) is 31.7 Å². The second-order valence-corrected chi connectivity index (χ2v) is 7.80. The summed E-state index contributed by atoms with van der Waals surface area (Å²) in [6, 6.07) is 2.89. The van der Waals surface area contributed by atoms with Gasteiger partial charge in [-0.15, -0.1) is 0 Å². The Labute approximate surface area is 120 Å². The van der Waals surface area contributed by atoms with E-state index in [0.717, 1.165) is 0 Å². The normalized spacial score (nSPS) is 14.2. The highest BCUT2D eigenvalue weighted by Gasteiger charge is 2.39. The Hall–Kier alpha value is -0.200. The van der Waals surface area contributed by atoms with Gasteiger partial charge in [-0.3, -0.25) is 4.67 Å². The molecule has 0 aromatic carbocycles. The molecule has 0 amide bonds. The zero-order valence-electron chi connectivity index (χ0n) is 13.4. The van der Waals surface area contributed by atoms with E-state index in [4.69, 9.17) is 14.5 Å². The zero-order chi connectivity index (χ0) is 15.1. The molecule has 5 heteroatoms. The van der Waals surface area contributed by atoms with Crippen LogP contribution in [0.4, 0.5) is 0 Å². The van der Waals surface area contributed by atoms with E-state index in [2.05, 4.69) is 52.3 Å². The number of ether oxygens (including phenoxy) is 1.